The van der Waals surface area contributed by atoms with Crippen molar-refractivity contribution in [1.82, 2.24) is 4.90 Å². The highest BCUT2D eigenvalue weighted by atomic mass is 32.2. The van der Waals surface area contributed by atoms with Gasteiger partial charge in [-0.05, 0) is 20.4 Å². The summed E-state index contributed by atoms with van der Waals surface area (Å²) in [5, 5.41) is 0.739. The summed E-state index contributed by atoms with van der Waals surface area (Å²) in [6, 6.07) is 0. The Balaban J connectivity index is 2.43. The second-order valence-corrected chi connectivity index (χ2v) is 5.80. The molecule has 0 aromatic carbocycles. The van der Waals surface area contributed by atoms with E-state index in [1.165, 1.54) is 6.42 Å². The van der Waals surface area contributed by atoms with Gasteiger partial charge in [0.1, 0.15) is 0 Å². The molecule has 0 aliphatic carbocycles. The topological polar surface area (TPSA) is 38.5 Å². The summed E-state index contributed by atoms with van der Waals surface area (Å²) < 4.78 is 5.39. The van der Waals surface area contributed by atoms with Crippen LogP contribution >= 0.6 is 11.8 Å². The molecule has 0 spiro atoms. The molecule has 15 heavy (non-hydrogen) atoms. The zero-order valence-electron chi connectivity index (χ0n) is 10.2. The monoisotopic (exact) mass is 232 g/mol. The van der Waals surface area contributed by atoms with Crippen LogP contribution in [0.1, 0.15) is 20.3 Å². The van der Waals surface area contributed by atoms with E-state index in [2.05, 4.69) is 18.9 Å². The molecule has 1 saturated heterocycles. The summed E-state index contributed by atoms with van der Waals surface area (Å²) >= 11 is 2.03. The first-order valence-electron chi connectivity index (χ1n) is 5.75. The molecule has 1 fully saturated rings. The van der Waals surface area contributed by atoms with Gasteiger partial charge in [0.05, 0.1) is 6.61 Å². The lowest BCUT2D eigenvalue weighted by Crippen LogP contribution is -2.53. The third-order valence-electron chi connectivity index (χ3n) is 3.27. The Hall–Kier alpha value is 0.230. The van der Waals surface area contributed by atoms with Gasteiger partial charge in [-0.3, -0.25) is 4.90 Å². The van der Waals surface area contributed by atoms with Crippen LogP contribution in [0.2, 0.25) is 0 Å². The molecule has 2 unspecified atom stereocenters. The normalized spacial score (nSPS) is 31.4. The van der Waals surface area contributed by atoms with E-state index in [0.29, 0.717) is 0 Å². The van der Waals surface area contributed by atoms with E-state index in [1.54, 1.807) is 0 Å². The Kier molecular flexibility index (Phi) is 5.39. The van der Waals surface area contributed by atoms with Gasteiger partial charge in [0.25, 0.3) is 0 Å². The summed E-state index contributed by atoms with van der Waals surface area (Å²) in [5.41, 5.74) is 6.15. The van der Waals surface area contributed by atoms with E-state index >= 15 is 0 Å². The molecular weight excluding hydrogens is 208 g/mol. The Morgan fingerprint density at radius 2 is 2.33 bits per heavy atom. The Morgan fingerprint density at radius 1 is 1.60 bits per heavy atom. The average molecular weight is 232 g/mol. The van der Waals surface area contributed by atoms with Gasteiger partial charge < -0.3 is 10.5 Å². The van der Waals surface area contributed by atoms with Crippen molar-refractivity contribution in [3.05, 3.63) is 0 Å². The maximum absolute atomic E-state index is 5.94. The van der Waals surface area contributed by atoms with Crippen LogP contribution in [0.15, 0.2) is 0 Å². The Morgan fingerprint density at radius 3 is 2.80 bits per heavy atom. The maximum Gasteiger partial charge on any atom is 0.0593 e. The number of rotatable bonds is 6. The minimum absolute atomic E-state index is 0.210. The number of hydrogen-bond acceptors (Lipinski definition) is 4. The molecular formula is C11H24N2OS. The summed E-state index contributed by atoms with van der Waals surface area (Å²) in [6.07, 6.45) is 1.21. The van der Waals surface area contributed by atoms with Crippen molar-refractivity contribution in [3.8, 4) is 0 Å². The van der Waals surface area contributed by atoms with Crippen molar-refractivity contribution in [3.63, 3.8) is 0 Å². The van der Waals surface area contributed by atoms with Gasteiger partial charge in [-0.25, -0.2) is 0 Å². The van der Waals surface area contributed by atoms with Gasteiger partial charge in [0.2, 0.25) is 0 Å². The maximum atomic E-state index is 5.94. The van der Waals surface area contributed by atoms with Crippen molar-refractivity contribution < 1.29 is 4.74 Å². The number of likely N-dealkylation sites (N-methyl/N-ethyl adjacent to an activating group) is 1. The summed E-state index contributed by atoms with van der Waals surface area (Å²) in [4.78, 5) is 2.39. The lowest BCUT2D eigenvalue weighted by atomic mass is 9.94. The first-order valence-corrected chi connectivity index (χ1v) is 6.80. The first kappa shape index (κ1) is 13.3. The standard InChI is InChI=1S/C11H24N2OS/c1-4-14-6-5-13(3)11(8-12)7-10(2)15-9-11/h10H,4-9,12H2,1-3H3. The van der Waals surface area contributed by atoms with Gasteiger partial charge in [-0.2, -0.15) is 11.8 Å². The van der Waals surface area contributed by atoms with Crippen LogP contribution in [-0.2, 0) is 4.74 Å². The predicted octanol–water partition coefficient (Wildman–Crippen LogP) is 1.18. The van der Waals surface area contributed by atoms with Crippen LogP contribution in [-0.4, -0.2) is 54.8 Å². The van der Waals surface area contributed by atoms with Gasteiger partial charge in [-0.15, -0.1) is 0 Å². The minimum atomic E-state index is 0.210. The third kappa shape index (κ3) is 3.34. The molecule has 1 heterocycles. The quantitative estimate of drug-likeness (QED) is 0.698. The lowest BCUT2D eigenvalue weighted by Gasteiger charge is -2.37. The van der Waals surface area contributed by atoms with Gasteiger partial charge in [-0.1, -0.05) is 6.92 Å². The lowest BCUT2D eigenvalue weighted by molar-refractivity contribution is 0.0774. The molecule has 4 heteroatoms. The SMILES string of the molecule is CCOCCN(C)C1(CN)CSC(C)C1. The zero-order valence-corrected chi connectivity index (χ0v) is 11.0. The zero-order chi connectivity index (χ0) is 11.3. The molecule has 2 atom stereocenters. The molecule has 0 saturated carbocycles. The van der Waals surface area contributed by atoms with Crippen molar-refractivity contribution in [2.75, 3.05) is 39.1 Å². The molecule has 1 rings (SSSR count). The highest BCUT2D eigenvalue weighted by Crippen LogP contribution is 2.37. The summed E-state index contributed by atoms with van der Waals surface area (Å²) in [6.45, 7) is 7.68. The fraction of sp³-hybridized carbons (Fsp3) is 1.00. The van der Waals surface area contributed by atoms with Crippen LogP contribution < -0.4 is 5.73 Å². The molecule has 3 nitrogen and oxygen atoms in total. The second kappa shape index (κ2) is 6.09. The third-order valence-corrected chi connectivity index (χ3v) is 4.71. The fourth-order valence-electron chi connectivity index (χ4n) is 2.10. The fourth-order valence-corrected chi connectivity index (χ4v) is 3.58. The predicted molar refractivity (Wildman–Crippen MR) is 67.4 cm³/mol. The molecule has 0 radical (unpaired) electrons. The minimum Gasteiger partial charge on any atom is -0.380 e. The van der Waals surface area contributed by atoms with Gasteiger partial charge >= 0.3 is 0 Å². The molecule has 90 valence electrons. The molecule has 0 bridgehead atoms. The number of nitrogens with zero attached hydrogens (tertiary/aromatic N) is 1. The van der Waals surface area contributed by atoms with E-state index in [1.807, 2.05) is 18.7 Å². The molecule has 0 aromatic heterocycles. The molecule has 1 aliphatic rings. The van der Waals surface area contributed by atoms with E-state index in [9.17, 15) is 0 Å². The number of nitrogens with two attached hydrogens (primary N) is 1. The van der Waals surface area contributed by atoms with Crippen molar-refractivity contribution in [1.29, 1.82) is 0 Å². The molecule has 2 N–H and O–H groups in total. The highest BCUT2D eigenvalue weighted by Gasteiger charge is 2.39. The molecule has 1 aliphatic heterocycles. The number of thioether (sulfide) groups is 1. The average Bonchev–Trinajstić information content (AvgIpc) is 2.62. The van der Waals surface area contributed by atoms with Crippen LogP contribution in [0.3, 0.4) is 0 Å². The van der Waals surface area contributed by atoms with E-state index < -0.39 is 0 Å². The Bertz CT molecular complexity index is 191. The van der Waals surface area contributed by atoms with Crippen LogP contribution in [0.5, 0.6) is 0 Å². The van der Waals surface area contributed by atoms with E-state index in [0.717, 1.165) is 37.3 Å². The van der Waals surface area contributed by atoms with Gasteiger partial charge in [0.15, 0.2) is 0 Å². The number of ether oxygens (including phenoxy) is 1. The van der Waals surface area contributed by atoms with Crippen LogP contribution in [0.25, 0.3) is 0 Å². The first-order chi connectivity index (χ1) is 7.14. The highest BCUT2D eigenvalue weighted by molar-refractivity contribution is 8.00. The number of hydrogen-bond donors (Lipinski definition) is 1. The van der Waals surface area contributed by atoms with Gasteiger partial charge in [0, 0.05) is 36.2 Å². The van der Waals surface area contributed by atoms with E-state index in [-0.39, 0.29) is 5.54 Å². The van der Waals surface area contributed by atoms with E-state index in [4.69, 9.17) is 10.5 Å². The van der Waals surface area contributed by atoms with Crippen molar-refractivity contribution >= 4 is 11.8 Å². The second-order valence-electron chi connectivity index (χ2n) is 4.37. The van der Waals surface area contributed by atoms with Crippen molar-refractivity contribution in [2.45, 2.75) is 31.1 Å². The summed E-state index contributed by atoms with van der Waals surface area (Å²) in [7, 11) is 2.17. The van der Waals surface area contributed by atoms with Crippen LogP contribution in [0.4, 0.5) is 0 Å². The summed E-state index contributed by atoms with van der Waals surface area (Å²) in [5.74, 6) is 1.16. The van der Waals surface area contributed by atoms with Crippen molar-refractivity contribution in [2.24, 2.45) is 5.73 Å². The molecule has 0 amide bonds. The largest absolute Gasteiger partial charge is 0.380 e. The van der Waals surface area contributed by atoms with Crippen LogP contribution in [0, 0.1) is 0 Å². The Labute approximate surface area is 97.7 Å². The molecule has 0 aromatic rings. The smallest absolute Gasteiger partial charge is 0.0593 e.